The van der Waals surface area contributed by atoms with E-state index in [0.29, 0.717) is 13.0 Å². The zero-order chi connectivity index (χ0) is 8.20. The van der Waals surface area contributed by atoms with E-state index in [1.165, 1.54) is 0 Å². The summed E-state index contributed by atoms with van der Waals surface area (Å²) < 4.78 is 4.22. The van der Waals surface area contributed by atoms with Crippen LogP contribution in [0.5, 0.6) is 0 Å². The lowest BCUT2D eigenvalue weighted by Gasteiger charge is -2.16. The average molecular weight is 206 g/mol. The molecule has 10 heavy (non-hydrogen) atoms. The molecule has 0 N–H and O–H groups in total. The molecule has 0 aromatic rings. The Hall–Kier alpha value is 0.830. The highest BCUT2D eigenvalue weighted by atomic mass is 35.5. The largest absolute Gasteiger partial charge is 0.363 e. The van der Waals surface area contributed by atoms with Gasteiger partial charge < -0.3 is 4.74 Å². The summed E-state index contributed by atoms with van der Waals surface area (Å²) in [5.41, 5.74) is -0.384. The van der Waals surface area contributed by atoms with Crippen molar-refractivity contribution in [1.29, 1.82) is 0 Å². The molecule has 0 fully saturated rings. The maximum atomic E-state index is 5.67. The molecule has 1 atom stereocenters. The van der Waals surface area contributed by atoms with Crippen molar-refractivity contribution < 1.29 is 4.74 Å². The van der Waals surface area contributed by atoms with Gasteiger partial charge in [0.05, 0.1) is 0 Å². The van der Waals surface area contributed by atoms with Crippen LogP contribution in [0, 0.1) is 0 Å². The van der Waals surface area contributed by atoms with E-state index in [1.54, 1.807) is 6.92 Å². The van der Waals surface area contributed by atoms with Gasteiger partial charge in [0.1, 0.15) is 9.90 Å². The highest BCUT2D eigenvalue weighted by Crippen LogP contribution is 2.27. The summed E-state index contributed by atoms with van der Waals surface area (Å²) in [6.07, 6.45) is 0.436. The van der Waals surface area contributed by atoms with E-state index in [1.807, 2.05) is 6.92 Å². The Bertz CT molecular complexity index is 89.5. The Morgan fingerprint density at radius 1 is 1.50 bits per heavy atom. The highest BCUT2D eigenvalue weighted by Gasteiger charge is 2.21. The summed E-state index contributed by atoms with van der Waals surface area (Å²) in [7, 11) is 0. The molecular weight excluding hydrogens is 194 g/mol. The monoisotopic (exact) mass is 204 g/mol. The number of hydrogen-bond donors (Lipinski definition) is 0. The molecule has 0 heterocycles. The fraction of sp³-hybridized carbons (Fsp3) is 1.00. The van der Waals surface area contributed by atoms with Gasteiger partial charge in [0.25, 0.3) is 0 Å². The molecule has 0 aliphatic rings. The van der Waals surface area contributed by atoms with Crippen LogP contribution in [0.25, 0.3) is 0 Å². The Labute approximate surface area is 76.6 Å². The van der Waals surface area contributed by atoms with Crippen LogP contribution >= 0.6 is 34.8 Å². The molecule has 0 bridgehead atoms. The second-order valence-electron chi connectivity index (χ2n) is 2.14. The minimum Gasteiger partial charge on any atom is -0.363 e. The number of halogens is 3. The van der Waals surface area contributed by atoms with Crippen LogP contribution in [0.2, 0.25) is 0 Å². The second kappa shape index (κ2) is 4.66. The van der Waals surface area contributed by atoms with Crippen molar-refractivity contribution >= 4 is 34.8 Å². The maximum absolute atomic E-state index is 5.67. The minimum atomic E-state index is -0.790. The first kappa shape index (κ1) is 10.8. The third-order valence-electron chi connectivity index (χ3n) is 0.866. The average Bonchev–Trinajstić information content (AvgIpc) is 1.59. The molecule has 0 radical (unpaired) electrons. The number of alkyl halides is 3. The summed E-state index contributed by atoms with van der Waals surface area (Å²) in [6.45, 7) is 4.14. The van der Waals surface area contributed by atoms with Gasteiger partial charge in [-0.05, 0) is 13.8 Å². The van der Waals surface area contributed by atoms with Crippen LogP contribution < -0.4 is 0 Å². The quantitative estimate of drug-likeness (QED) is 0.641. The third kappa shape index (κ3) is 6.94. The smallest absolute Gasteiger partial charge is 0.134 e. The molecule has 0 aliphatic heterocycles. The fourth-order valence-corrected chi connectivity index (χ4v) is 1.39. The molecule has 0 aromatic carbocycles. The van der Waals surface area contributed by atoms with Gasteiger partial charge in [0.2, 0.25) is 0 Å². The second-order valence-corrected chi connectivity index (χ2v) is 4.49. The lowest BCUT2D eigenvalue weighted by molar-refractivity contribution is 0.112. The topological polar surface area (TPSA) is 9.23 Å². The molecule has 62 valence electrons. The number of rotatable bonds is 4. The van der Waals surface area contributed by atoms with Crippen molar-refractivity contribution in [3.8, 4) is 0 Å². The van der Waals surface area contributed by atoms with Gasteiger partial charge >= 0.3 is 0 Å². The van der Waals surface area contributed by atoms with Crippen LogP contribution in [0.1, 0.15) is 20.3 Å². The molecule has 0 aromatic heterocycles. The van der Waals surface area contributed by atoms with Gasteiger partial charge in [0.15, 0.2) is 0 Å². The SMILES string of the molecule is CCOC(Cl)CC(C)(Cl)Cl. The summed E-state index contributed by atoms with van der Waals surface area (Å²) >= 11 is 17.0. The molecule has 0 rings (SSSR count). The van der Waals surface area contributed by atoms with Crippen molar-refractivity contribution in [2.24, 2.45) is 0 Å². The molecule has 1 unspecified atom stereocenters. The summed E-state index contributed by atoms with van der Waals surface area (Å²) in [4.78, 5) is 0. The van der Waals surface area contributed by atoms with Gasteiger partial charge in [0, 0.05) is 13.0 Å². The Balaban J connectivity index is 3.47. The molecule has 1 nitrogen and oxygen atoms in total. The predicted octanol–water partition coefficient (Wildman–Crippen LogP) is 3.17. The molecule has 0 amide bonds. The first-order chi connectivity index (χ1) is 4.45. The first-order valence-electron chi connectivity index (χ1n) is 3.09. The van der Waals surface area contributed by atoms with E-state index in [0.717, 1.165) is 0 Å². The maximum Gasteiger partial charge on any atom is 0.134 e. The van der Waals surface area contributed by atoms with E-state index in [2.05, 4.69) is 0 Å². The normalized spacial score (nSPS) is 15.3. The molecule has 0 aliphatic carbocycles. The van der Waals surface area contributed by atoms with Gasteiger partial charge in [-0.3, -0.25) is 0 Å². The van der Waals surface area contributed by atoms with Crippen LogP contribution in [0.3, 0.4) is 0 Å². The lowest BCUT2D eigenvalue weighted by atomic mass is 10.3. The van der Waals surface area contributed by atoms with Gasteiger partial charge in [-0.2, -0.15) is 0 Å². The lowest BCUT2D eigenvalue weighted by Crippen LogP contribution is -2.16. The van der Waals surface area contributed by atoms with E-state index in [-0.39, 0.29) is 5.56 Å². The van der Waals surface area contributed by atoms with Crippen molar-refractivity contribution in [1.82, 2.24) is 0 Å². The van der Waals surface area contributed by atoms with Crippen LogP contribution in [-0.4, -0.2) is 16.5 Å². The standard InChI is InChI=1S/C6H11Cl3O/c1-3-10-5(7)4-6(2,8)9/h5H,3-4H2,1-2H3. The molecule has 0 spiro atoms. The number of hydrogen-bond acceptors (Lipinski definition) is 1. The van der Waals surface area contributed by atoms with E-state index in [4.69, 9.17) is 39.5 Å². The zero-order valence-electron chi connectivity index (χ0n) is 6.03. The molecule has 0 saturated carbocycles. The minimum absolute atomic E-state index is 0.384. The molecule has 0 saturated heterocycles. The van der Waals surface area contributed by atoms with Crippen LogP contribution in [-0.2, 0) is 4.74 Å². The van der Waals surface area contributed by atoms with Gasteiger partial charge in [-0.15, -0.1) is 23.2 Å². The van der Waals surface area contributed by atoms with Crippen molar-refractivity contribution in [3.05, 3.63) is 0 Å². The number of ether oxygens (including phenoxy) is 1. The Morgan fingerprint density at radius 3 is 2.30 bits per heavy atom. The van der Waals surface area contributed by atoms with Crippen LogP contribution in [0.15, 0.2) is 0 Å². The molecular formula is C6H11Cl3O. The van der Waals surface area contributed by atoms with Crippen molar-refractivity contribution in [3.63, 3.8) is 0 Å². The summed E-state index contributed by atoms with van der Waals surface area (Å²) in [5.74, 6) is 0. The van der Waals surface area contributed by atoms with E-state index < -0.39 is 4.33 Å². The summed E-state index contributed by atoms with van der Waals surface area (Å²) in [5, 5.41) is 0. The fourth-order valence-electron chi connectivity index (χ4n) is 0.522. The van der Waals surface area contributed by atoms with E-state index >= 15 is 0 Å². The zero-order valence-corrected chi connectivity index (χ0v) is 8.30. The van der Waals surface area contributed by atoms with Crippen LogP contribution in [0.4, 0.5) is 0 Å². The van der Waals surface area contributed by atoms with E-state index in [9.17, 15) is 0 Å². The Morgan fingerprint density at radius 2 is 2.00 bits per heavy atom. The highest BCUT2D eigenvalue weighted by molar-refractivity contribution is 6.48. The molecule has 4 heteroatoms. The first-order valence-corrected chi connectivity index (χ1v) is 4.28. The predicted molar refractivity (Wildman–Crippen MR) is 46.0 cm³/mol. The van der Waals surface area contributed by atoms with Crippen molar-refractivity contribution in [2.45, 2.75) is 30.2 Å². The Kier molecular flexibility index (Phi) is 5.04. The van der Waals surface area contributed by atoms with Gasteiger partial charge in [-0.1, -0.05) is 11.6 Å². The van der Waals surface area contributed by atoms with Crippen molar-refractivity contribution in [2.75, 3.05) is 6.61 Å². The third-order valence-corrected chi connectivity index (χ3v) is 1.46. The summed E-state index contributed by atoms with van der Waals surface area (Å²) in [6, 6.07) is 0. The van der Waals surface area contributed by atoms with Gasteiger partial charge in [-0.25, -0.2) is 0 Å².